The molecule has 4 rings (SSSR count). The lowest BCUT2D eigenvalue weighted by Gasteiger charge is -2.17. The molecule has 0 bridgehead atoms. The quantitative estimate of drug-likeness (QED) is 0.732. The van der Waals surface area contributed by atoms with Crippen molar-refractivity contribution in [2.75, 3.05) is 13.6 Å². The molecule has 0 aromatic carbocycles. The van der Waals surface area contributed by atoms with Gasteiger partial charge in [0.1, 0.15) is 0 Å². The van der Waals surface area contributed by atoms with Gasteiger partial charge in [0.2, 0.25) is 0 Å². The van der Waals surface area contributed by atoms with Gasteiger partial charge >= 0.3 is 0 Å². The minimum Gasteiger partial charge on any atom is -0.297 e. The zero-order valence-electron chi connectivity index (χ0n) is 14.5. The Balaban J connectivity index is 1.61. The first-order valence-electron chi connectivity index (χ1n) is 8.57. The Hall–Kier alpha value is -2.60. The summed E-state index contributed by atoms with van der Waals surface area (Å²) in [5, 5.41) is 6.22. The number of likely N-dealkylation sites (tertiary alicyclic amines) is 1. The highest BCUT2D eigenvalue weighted by molar-refractivity contribution is 5.88. The van der Waals surface area contributed by atoms with Crippen LogP contribution < -0.4 is 0 Å². The van der Waals surface area contributed by atoms with E-state index in [1.807, 2.05) is 38.6 Å². The molecule has 3 aromatic rings. The van der Waals surface area contributed by atoms with Crippen molar-refractivity contribution in [1.29, 1.82) is 0 Å². The molecule has 1 aliphatic heterocycles. The number of fused-ring (bicyclic) bond motifs is 1. The van der Waals surface area contributed by atoms with Crippen LogP contribution >= 0.6 is 0 Å². The average molecular weight is 335 g/mol. The number of likely N-dealkylation sites (N-methyl/N-ethyl adjacent to an activating group) is 1. The van der Waals surface area contributed by atoms with Gasteiger partial charge in [0, 0.05) is 42.3 Å². The molecule has 0 N–H and O–H groups in total. The van der Waals surface area contributed by atoms with Crippen LogP contribution in [-0.2, 0) is 18.3 Å². The molecule has 4 heterocycles. The molecular weight excluding hydrogens is 314 g/mol. The summed E-state index contributed by atoms with van der Waals surface area (Å²) in [6.45, 7) is 1.00. The third kappa shape index (κ3) is 3.17. The van der Waals surface area contributed by atoms with E-state index >= 15 is 0 Å². The number of carbonyl (C=O) groups is 1. The number of ketones is 1. The van der Waals surface area contributed by atoms with Crippen molar-refractivity contribution in [1.82, 2.24) is 24.6 Å². The van der Waals surface area contributed by atoms with Crippen LogP contribution in [0.2, 0.25) is 0 Å². The van der Waals surface area contributed by atoms with E-state index in [-0.39, 0.29) is 11.8 Å². The van der Waals surface area contributed by atoms with E-state index in [9.17, 15) is 4.79 Å². The summed E-state index contributed by atoms with van der Waals surface area (Å²) in [6, 6.07) is 4.08. The Labute approximate surface area is 146 Å². The first-order chi connectivity index (χ1) is 12.1. The number of hydrogen-bond acceptors (Lipinski definition) is 5. The molecule has 3 aromatic heterocycles. The van der Waals surface area contributed by atoms with Gasteiger partial charge < -0.3 is 0 Å². The second kappa shape index (κ2) is 6.37. The average Bonchev–Trinajstić information content (AvgIpc) is 3.22. The molecule has 1 fully saturated rings. The number of pyridine rings is 2. The molecule has 6 heteroatoms. The topological polar surface area (TPSA) is 63.9 Å². The number of aromatic nitrogens is 4. The molecule has 0 aliphatic carbocycles. The summed E-state index contributed by atoms with van der Waals surface area (Å²) in [5.41, 5.74) is 2.67. The lowest BCUT2D eigenvalue weighted by atomic mass is 10.0. The van der Waals surface area contributed by atoms with E-state index in [2.05, 4.69) is 20.0 Å². The first-order valence-corrected chi connectivity index (χ1v) is 8.57. The van der Waals surface area contributed by atoms with Gasteiger partial charge in [-0.2, -0.15) is 5.10 Å². The van der Waals surface area contributed by atoms with Crippen molar-refractivity contribution in [2.45, 2.75) is 25.3 Å². The Kier molecular flexibility index (Phi) is 4.05. The van der Waals surface area contributed by atoms with Gasteiger partial charge in [-0.05, 0) is 44.0 Å². The maximum Gasteiger partial charge on any atom is 0.155 e. The van der Waals surface area contributed by atoms with Crippen LogP contribution in [-0.4, -0.2) is 50.1 Å². The van der Waals surface area contributed by atoms with Crippen LogP contribution in [0.3, 0.4) is 0 Å². The van der Waals surface area contributed by atoms with Crippen molar-refractivity contribution < 1.29 is 4.79 Å². The van der Waals surface area contributed by atoms with Crippen molar-refractivity contribution in [3.8, 4) is 11.3 Å². The highest BCUT2D eigenvalue weighted by Gasteiger charge is 2.27. The zero-order valence-corrected chi connectivity index (χ0v) is 14.5. The predicted molar refractivity (Wildman–Crippen MR) is 96.1 cm³/mol. The van der Waals surface area contributed by atoms with Crippen LogP contribution in [0, 0.1) is 0 Å². The number of hydrogen-bond donors (Lipinski definition) is 0. The molecule has 6 nitrogen and oxygen atoms in total. The van der Waals surface area contributed by atoms with Crippen molar-refractivity contribution >= 4 is 16.6 Å². The zero-order chi connectivity index (χ0) is 17.4. The molecule has 0 amide bonds. The Morgan fingerprint density at radius 2 is 2.00 bits per heavy atom. The van der Waals surface area contributed by atoms with Crippen LogP contribution in [0.25, 0.3) is 22.0 Å². The summed E-state index contributed by atoms with van der Waals surface area (Å²) >= 11 is 0. The summed E-state index contributed by atoms with van der Waals surface area (Å²) in [4.78, 5) is 23.6. The maximum absolute atomic E-state index is 12.5. The van der Waals surface area contributed by atoms with Crippen LogP contribution in [0.15, 0.2) is 36.9 Å². The largest absolute Gasteiger partial charge is 0.297 e. The fraction of sp³-hybridized carbons (Fsp3) is 0.368. The Morgan fingerprint density at radius 1 is 1.16 bits per heavy atom. The second-order valence-corrected chi connectivity index (χ2v) is 6.78. The Bertz CT molecular complexity index is 932. The van der Waals surface area contributed by atoms with Gasteiger partial charge in [0.15, 0.2) is 5.78 Å². The fourth-order valence-corrected chi connectivity index (χ4v) is 3.51. The van der Waals surface area contributed by atoms with Crippen LogP contribution in [0.1, 0.15) is 18.5 Å². The summed E-state index contributed by atoms with van der Waals surface area (Å²) in [5.74, 6) is 0.258. The minimum atomic E-state index is 0.0425. The van der Waals surface area contributed by atoms with E-state index in [1.165, 1.54) is 0 Å². The lowest BCUT2D eigenvalue weighted by molar-refractivity contribution is -0.122. The van der Waals surface area contributed by atoms with Gasteiger partial charge in [0.05, 0.1) is 24.4 Å². The number of nitrogens with zero attached hydrogens (tertiary/aromatic N) is 5. The van der Waals surface area contributed by atoms with Crippen LogP contribution in [0.5, 0.6) is 0 Å². The fourth-order valence-electron chi connectivity index (χ4n) is 3.51. The van der Waals surface area contributed by atoms with Gasteiger partial charge in [-0.25, -0.2) is 0 Å². The van der Waals surface area contributed by atoms with Crippen molar-refractivity contribution in [3.05, 3.63) is 42.6 Å². The van der Waals surface area contributed by atoms with Crippen molar-refractivity contribution in [2.24, 2.45) is 7.05 Å². The van der Waals surface area contributed by atoms with Gasteiger partial charge in [0.25, 0.3) is 0 Å². The molecule has 1 saturated heterocycles. The standard InChI is InChI=1S/C19H21N5O/c1-23-5-3-4-18(23)19(25)8-16-6-13-7-17(15-11-22-24(2)12-15)21-10-14(13)9-20-16/h6-7,9-12,18H,3-5,8H2,1-2H3/t18-/m1/s1. The number of carbonyl (C=O) groups excluding carboxylic acids is 1. The number of aryl methyl sites for hydroxylation is 1. The van der Waals surface area contributed by atoms with Crippen LogP contribution in [0.4, 0.5) is 0 Å². The first kappa shape index (κ1) is 15.9. The highest BCUT2D eigenvalue weighted by atomic mass is 16.1. The molecule has 0 saturated carbocycles. The van der Waals surface area contributed by atoms with Gasteiger partial charge in [-0.3, -0.25) is 24.3 Å². The second-order valence-electron chi connectivity index (χ2n) is 6.78. The van der Waals surface area contributed by atoms with Gasteiger partial charge in [-0.1, -0.05) is 0 Å². The van der Waals surface area contributed by atoms with Crippen molar-refractivity contribution in [3.63, 3.8) is 0 Å². The van der Waals surface area contributed by atoms with E-state index in [1.54, 1.807) is 17.1 Å². The molecule has 128 valence electrons. The van der Waals surface area contributed by atoms with E-state index in [0.717, 1.165) is 47.1 Å². The summed E-state index contributed by atoms with van der Waals surface area (Å²) in [7, 11) is 3.91. The molecule has 0 unspecified atom stereocenters. The SMILES string of the molecule is CN1CCC[C@@H]1C(=O)Cc1cc2cc(-c3cnn(C)c3)ncc2cn1. The molecule has 1 atom stereocenters. The molecule has 1 aliphatic rings. The van der Waals surface area contributed by atoms with E-state index < -0.39 is 0 Å². The molecule has 0 spiro atoms. The molecule has 25 heavy (non-hydrogen) atoms. The summed E-state index contributed by atoms with van der Waals surface area (Å²) < 4.78 is 1.76. The normalized spacial score (nSPS) is 18.1. The number of Topliss-reactive ketones (excluding diaryl/α,β-unsaturated/α-hetero) is 1. The smallest absolute Gasteiger partial charge is 0.155 e. The monoisotopic (exact) mass is 335 g/mol. The third-order valence-corrected chi connectivity index (χ3v) is 4.91. The minimum absolute atomic E-state index is 0.0425. The summed E-state index contributed by atoms with van der Waals surface area (Å²) in [6.07, 6.45) is 9.80. The predicted octanol–water partition coefficient (Wildman–Crippen LogP) is 2.24. The molecular formula is C19H21N5O. The Morgan fingerprint density at radius 3 is 2.72 bits per heavy atom. The third-order valence-electron chi connectivity index (χ3n) is 4.91. The van der Waals surface area contributed by atoms with E-state index in [4.69, 9.17) is 0 Å². The molecule has 0 radical (unpaired) electrons. The number of rotatable bonds is 4. The highest BCUT2D eigenvalue weighted by Crippen LogP contribution is 2.22. The lowest BCUT2D eigenvalue weighted by Crippen LogP contribution is -2.34. The maximum atomic E-state index is 12.5. The van der Waals surface area contributed by atoms with E-state index in [0.29, 0.717) is 6.42 Å². The van der Waals surface area contributed by atoms with Gasteiger partial charge in [-0.15, -0.1) is 0 Å².